The van der Waals surface area contributed by atoms with Crippen molar-refractivity contribution in [2.24, 2.45) is 5.92 Å². The van der Waals surface area contributed by atoms with E-state index in [4.69, 9.17) is 14.2 Å². The number of benzene rings is 2. The number of nitrogens with zero attached hydrogens (tertiary/aromatic N) is 1. The van der Waals surface area contributed by atoms with E-state index in [1.807, 2.05) is 19.9 Å². The fourth-order valence-corrected chi connectivity index (χ4v) is 3.36. The van der Waals surface area contributed by atoms with Gasteiger partial charge >= 0.3 is 5.97 Å². The summed E-state index contributed by atoms with van der Waals surface area (Å²) >= 11 is 0. The van der Waals surface area contributed by atoms with Crippen LogP contribution in [0, 0.1) is 19.8 Å². The van der Waals surface area contributed by atoms with E-state index in [0.717, 1.165) is 11.1 Å². The molecule has 1 amide bonds. The van der Waals surface area contributed by atoms with Crippen LogP contribution in [-0.2, 0) is 14.3 Å². The van der Waals surface area contributed by atoms with E-state index < -0.39 is 11.9 Å². The monoisotopic (exact) mass is 411 g/mol. The standard InChI is InChI=1S/C23H25NO6/c1-14-5-6-16(9-15(14)2)20(25)13-30-23(27)17-10-22(26)24(12-17)19-11-18(28-3)7-8-21(19)29-4/h5-9,11,17H,10,12-13H2,1-4H3/t17-/m1/s1. The van der Waals surface area contributed by atoms with Crippen LogP contribution < -0.4 is 14.4 Å². The minimum Gasteiger partial charge on any atom is -0.497 e. The number of carbonyl (C=O) groups is 3. The number of Topliss-reactive ketones (excluding diaryl/α,β-unsaturated/α-hetero) is 1. The van der Waals surface area contributed by atoms with Gasteiger partial charge in [-0.2, -0.15) is 0 Å². The van der Waals surface area contributed by atoms with Gasteiger partial charge in [0.2, 0.25) is 5.91 Å². The van der Waals surface area contributed by atoms with Gasteiger partial charge in [0.25, 0.3) is 0 Å². The molecule has 1 fully saturated rings. The molecule has 7 heteroatoms. The molecule has 0 bridgehead atoms. The first-order chi connectivity index (χ1) is 14.3. The summed E-state index contributed by atoms with van der Waals surface area (Å²) in [6.45, 7) is 3.68. The normalized spacial score (nSPS) is 15.8. The highest BCUT2D eigenvalue weighted by Gasteiger charge is 2.37. The van der Waals surface area contributed by atoms with Crippen molar-refractivity contribution in [1.82, 2.24) is 0 Å². The molecule has 0 aromatic heterocycles. The summed E-state index contributed by atoms with van der Waals surface area (Å²) in [5.41, 5.74) is 3.11. The Morgan fingerprint density at radius 3 is 2.47 bits per heavy atom. The number of esters is 1. The number of hydrogen-bond acceptors (Lipinski definition) is 6. The predicted octanol–water partition coefficient (Wildman–Crippen LogP) is 3.10. The molecule has 1 heterocycles. The van der Waals surface area contributed by atoms with Gasteiger partial charge in [-0.1, -0.05) is 12.1 Å². The van der Waals surface area contributed by atoms with Gasteiger partial charge in [0.15, 0.2) is 12.4 Å². The fraction of sp³-hybridized carbons (Fsp3) is 0.348. The summed E-state index contributed by atoms with van der Waals surface area (Å²) in [6, 6.07) is 10.5. The van der Waals surface area contributed by atoms with Gasteiger partial charge in [0.1, 0.15) is 11.5 Å². The summed E-state index contributed by atoms with van der Waals surface area (Å²) in [5, 5.41) is 0. The van der Waals surface area contributed by atoms with Gasteiger partial charge in [-0.3, -0.25) is 14.4 Å². The minimum atomic E-state index is -0.652. The zero-order valence-corrected chi connectivity index (χ0v) is 17.6. The summed E-state index contributed by atoms with van der Waals surface area (Å²) in [4.78, 5) is 38.9. The molecular weight excluding hydrogens is 386 g/mol. The molecule has 0 spiro atoms. The SMILES string of the molecule is COc1ccc(OC)c(N2C[C@H](C(=O)OCC(=O)c3ccc(C)c(C)c3)CC2=O)c1. The van der Waals surface area contributed by atoms with Gasteiger partial charge in [-0.05, 0) is 43.2 Å². The van der Waals surface area contributed by atoms with E-state index in [9.17, 15) is 14.4 Å². The molecule has 1 saturated heterocycles. The van der Waals surface area contributed by atoms with Gasteiger partial charge in [-0.15, -0.1) is 0 Å². The maximum Gasteiger partial charge on any atom is 0.311 e. The van der Waals surface area contributed by atoms with Crippen LogP contribution in [0.3, 0.4) is 0 Å². The van der Waals surface area contributed by atoms with Crippen LogP contribution in [0.1, 0.15) is 27.9 Å². The van der Waals surface area contributed by atoms with Crippen LogP contribution >= 0.6 is 0 Å². The van der Waals surface area contributed by atoms with Crippen LogP contribution in [0.25, 0.3) is 0 Å². The zero-order valence-electron chi connectivity index (χ0n) is 17.6. The molecule has 7 nitrogen and oxygen atoms in total. The third-order valence-corrected chi connectivity index (χ3v) is 5.31. The number of anilines is 1. The first-order valence-electron chi connectivity index (χ1n) is 9.63. The van der Waals surface area contributed by atoms with Gasteiger partial charge < -0.3 is 19.1 Å². The van der Waals surface area contributed by atoms with E-state index >= 15 is 0 Å². The Hall–Kier alpha value is -3.35. The number of hydrogen-bond donors (Lipinski definition) is 0. The Bertz CT molecular complexity index is 984. The van der Waals surface area contributed by atoms with Crippen molar-refractivity contribution in [3.8, 4) is 11.5 Å². The lowest BCUT2D eigenvalue weighted by Gasteiger charge is -2.20. The van der Waals surface area contributed by atoms with Crippen molar-refractivity contribution in [2.45, 2.75) is 20.3 Å². The van der Waals surface area contributed by atoms with Crippen molar-refractivity contribution in [1.29, 1.82) is 0 Å². The topological polar surface area (TPSA) is 82.1 Å². The molecule has 0 radical (unpaired) electrons. The van der Waals surface area contributed by atoms with Crippen molar-refractivity contribution >= 4 is 23.3 Å². The molecule has 2 aromatic rings. The first-order valence-corrected chi connectivity index (χ1v) is 9.63. The average molecular weight is 411 g/mol. The Balaban J connectivity index is 1.65. The number of carbonyl (C=O) groups excluding carboxylic acids is 3. The zero-order chi connectivity index (χ0) is 21.8. The number of rotatable bonds is 7. The van der Waals surface area contributed by atoms with Crippen molar-refractivity contribution in [3.63, 3.8) is 0 Å². The molecule has 30 heavy (non-hydrogen) atoms. The van der Waals surface area contributed by atoms with Crippen molar-refractivity contribution < 1.29 is 28.6 Å². The molecule has 158 valence electrons. The lowest BCUT2D eigenvalue weighted by atomic mass is 10.0. The number of aryl methyl sites for hydroxylation is 2. The highest BCUT2D eigenvalue weighted by molar-refractivity contribution is 6.02. The lowest BCUT2D eigenvalue weighted by Crippen LogP contribution is -2.27. The minimum absolute atomic E-state index is 0.0109. The number of amides is 1. The van der Waals surface area contributed by atoms with Crippen molar-refractivity contribution in [3.05, 3.63) is 53.1 Å². The van der Waals surface area contributed by atoms with Gasteiger partial charge in [0.05, 0.1) is 25.8 Å². The van der Waals surface area contributed by atoms with Crippen LogP contribution in [0.15, 0.2) is 36.4 Å². The fourth-order valence-electron chi connectivity index (χ4n) is 3.36. The highest BCUT2D eigenvalue weighted by Crippen LogP contribution is 2.36. The second-order valence-corrected chi connectivity index (χ2v) is 7.27. The maximum absolute atomic E-state index is 12.5. The predicted molar refractivity (Wildman–Crippen MR) is 111 cm³/mol. The second kappa shape index (κ2) is 8.98. The maximum atomic E-state index is 12.5. The highest BCUT2D eigenvalue weighted by atomic mass is 16.5. The molecule has 2 aromatic carbocycles. The quantitative estimate of drug-likeness (QED) is 0.514. The van der Waals surface area contributed by atoms with Crippen LogP contribution in [0.4, 0.5) is 5.69 Å². The van der Waals surface area contributed by atoms with E-state index in [0.29, 0.717) is 22.7 Å². The Labute approximate surface area is 175 Å². The number of ketones is 1. The third kappa shape index (κ3) is 4.45. The molecule has 1 aliphatic heterocycles. The summed E-state index contributed by atoms with van der Waals surface area (Å²) in [6.07, 6.45) is 0.0109. The van der Waals surface area contributed by atoms with Gasteiger partial charge in [-0.25, -0.2) is 0 Å². The molecular formula is C23H25NO6. The van der Waals surface area contributed by atoms with Crippen molar-refractivity contribution in [2.75, 3.05) is 32.3 Å². The summed E-state index contributed by atoms with van der Waals surface area (Å²) in [5.74, 6) is -0.636. The summed E-state index contributed by atoms with van der Waals surface area (Å²) < 4.78 is 15.8. The van der Waals surface area contributed by atoms with E-state index in [1.54, 1.807) is 30.3 Å². The van der Waals surface area contributed by atoms with Gasteiger partial charge in [0, 0.05) is 24.6 Å². The second-order valence-electron chi connectivity index (χ2n) is 7.27. The van der Waals surface area contributed by atoms with Crippen LogP contribution in [0.5, 0.6) is 11.5 Å². The molecule has 1 atom stereocenters. The van der Waals surface area contributed by atoms with E-state index in [1.165, 1.54) is 19.1 Å². The summed E-state index contributed by atoms with van der Waals surface area (Å²) in [7, 11) is 3.04. The smallest absolute Gasteiger partial charge is 0.311 e. The van der Waals surface area contributed by atoms with Crippen LogP contribution in [0.2, 0.25) is 0 Å². The Kier molecular flexibility index (Phi) is 6.40. The molecule has 3 rings (SSSR count). The molecule has 1 aliphatic rings. The molecule has 0 N–H and O–H groups in total. The Morgan fingerprint density at radius 1 is 1.03 bits per heavy atom. The molecule has 0 saturated carbocycles. The first kappa shape index (κ1) is 21.4. The molecule has 0 unspecified atom stereocenters. The third-order valence-electron chi connectivity index (χ3n) is 5.31. The Morgan fingerprint density at radius 2 is 1.80 bits per heavy atom. The number of ether oxygens (including phenoxy) is 3. The van der Waals surface area contributed by atoms with E-state index in [2.05, 4.69) is 0 Å². The largest absolute Gasteiger partial charge is 0.497 e. The number of methoxy groups -OCH3 is 2. The average Bonchev–Trinajstić information content (AvgIpc) is 3.14. The van der Waals surface area contributed by atoms with E-state index in [-0.39, 0.29) is 31.3 Å². The lowest BCUT2D eigenvalue weighted by molar-refractivity contribution is -0.147. The van der Waals surface area contributed by atoms with Crippen LogP contribution in [-0.4, -0.2) is 45.0 Å². The molecule has 0 aliphatic carbocycles.